The number of aromatic nitrogens is 2. The Balaban J connectivity index is 2.28. The maximum Gasteiger partial charge on any atom is 0.335 e. The molecule has 0 saturated heterocycles. The summed E-state index contributed by atoms with van der Waals surface area (Å²) in [5.74, 6) is -0.901. The molecule has 2 rings (SSSR count). The molecule has 0 spiro atoms. The molecule has 1 aromatic carbocycles. The zero-order valence-corrected chi connectivity index (χ0v) is 11.3. The third-order valence-electron chi connectivity index (χ3n) is 3.05. The second-order valence-corrected chi connectivity index (χ2v) is 5.56. The number of aromatic carboxylic acids is 1. The van der Waals surface area contributed by atoms with Crippen molar-refractivity contribution in [1.82, 2.24) is 9.55 Å². The van der Waals surface area contributed by atoms with Gasteiger partial charge in [0, 0.05) is 11.8 Å². The zero-order chi connectivity index (χ0) is 13.1. The summed E-state index contributed by atoms with van der Waals surface area (Å²) in [5, 5.41) is 9.58. The number of carboxylic acids is 1. The summed E-state index contributed by atoms with van der Waals surface area (Å²) in [6, 6.07) is 5.04. The van der Waals surface area contributed by atoms with E-state index in [0.29, 0.717) is 10.8 Å². The van der Waals surface area contributed by atoms with E-state index in [9.17, 15) is 4.79 Å². The molecule has 18 heavy (non-hydrogen) atoms. The largest absolute Gasteiger partial charge is 0.478 e. The van der Waals surface area contributed by atoms with E-state index in [1.165, 1.54) is 0 Å². The number of rotatable bonds is 5. The van der Waals surface area contributed by atoms with Gasteiger partial charge >= 0.3 is 5.97 Å². The lowest BCUT2D eigenvalue weighted by Crippen LogP contribution is -2.04. The molecule has 0 aliphatic heterocycles. The third-order valence-corrected chi connectivity index (χ3v) is 4.09. The first-order chi connectivity index (χ1) is 8.61. The molecule has 1 atom stereocenters. The lowest BCUT2D eigenvalue weighted by molar-refractivity contribution is 0.0697. The van der Waals surface area contributed by atoms with Crippen LogP contribution in [0, 0.1) is 0 Å². The predicted molar refractivity (Wildman–Crippen MR) is 74.3 cm³/mol. The maximum atomic E-state index is 11.0. The number of thioether (sulfide) groups is 1. The number of carboxylic acid groups (broad SMARTS) is 1. The van der Waals surface area contributed by atoms with Gasteiger partial charge in [0.05, 0.1) is 22.9 Å². The number of imidazole rings is 1. The van der Waals surface area contributed by atoms with E-state index in [2.05, 4.69) is 18.2 Å². The van der Waals surface area contributed by atoms with Crippen molar-refractivity contribution in [3.63, 3.8) is 0 Å². The first kappa shape index (κ1) is 13.0. The molecular formula is C13H16N2O2S. The molecular weight excluding hydrogens is 248 g/mol. The molecule has 2 aromatic rings. The van der Waals surface area contributed by atoms with Gasteiger partial charge in [-0.3, -0.25) is 0 Å². The number of aryl methyl sites for hydroxylation is 1. The molecule has 1 aromatic heterocycles. The minimum atomic E-state index is -0.901. The van der Waals surface area contributed by atoms with E-state index < -0.39 is 5.97 Å². The Hall–Kier alpha value is -1.49. The first-order valence-corrected chi connectivity index (χ1v) is 7.11. The number of hydrogen-bond acceptors (Lipinski definition) is 3. The normalized spacial score (nSPS) is 12.8. The van der Waals surface area contributed by atoms with E-state index in [-0.39, 0.29) is 0 Å². The van der Waals surface area contributed by atoms with Gasteiger partial charge in [-0.05, 0) is 30.9 Å². The average Bonchev–Trinajstić information content (AvgIpc) is 2.78. The molecule has 1 unspecified atom stereocenters. The number of carbonyl (C=O) groups is 1. The highest BCUT2D eigenvalue weighted by Crippen LogP contribution is 2.17. The molecule has 0 aliphatic carbocycles. The fourth-order valence-corrected chi connectivity index (χ4v) is 2.15. The molecule has 0 bridgehead atoms. The predicted octanol–water partition coefficient (Wildman–Crippen LogP) is 2.88. The Morgan fingerprint density at radius 1 is 1.56 bits per heavy atom. The van der Waals surface area contributed by atoms with Gasteiger partial charge < -0.3 is 9.67 Å². The van der Waals surface area contributed by atoms with Crippen molar-refractivity contribution >= 4 is 28.8 Å². The van der Waals surface area contributed by atoms with Crippen molar-refractivity contribution in [3.8, 4) is 0 Å². The van der Waals surface area contributed by atoms with Crippen LogP contribution in [0.4, 0.5) is 0 Å². The van der Waals surface area contributed by atoms with Crippen LogP contribution in [0.2, 0.25) is 0 Å². The molecule has 0 saturated carbocycles. The molecule has 0 fully saturated rings. The van der Waals surface area contributed by atoms with Crippen molar-refractivity contribution in [2.75, 3.05) is 6.26 Å². The highest BCUT2D eigenvalue weighted by Gasteiger charge is 2.08. The van der Waals surface area contributed by atoms with Crippen molar-refractivity contribution in [2.45, 2.75) is 25.1 Å². The summed E-state index contributed by atoms with van der Waals surface area (Å²) in [4.78, 5) is 15.2. The number of benzene rings is 1. The van der Waals surface area contributed by atoms with Gasteiger partial charge in [-0.1, -0.05) is 6.92 Å². The summed E-state index contributed by atoms with van der Waals surface area (Å²) in [6.45, 7) is 3.05. The number of nitrogens with zero attached hydrogens (tertiary/aromatic N) is 2. The number of hydrogen-bond donors (Lipinski definition) is 1. The van der Waals surface area contributed by atoms with Crippen LogP contribution >= 0.6 is 11.8 Å². The van der Waals surface area contributed by atoms with Crippen LogP contribution in [0.1, 0.15) is 23.7 Å². The molecule has 1 N–H and O–H groups in total. The standard InChI is InChI=1S/C13H16N2O2S/c1-9(18-2)5-6-15-8-14-11-4-3-10(13(16)17)7-12(11)15/h3-4,7-9H,5-6H2,1-2H3,(H,16,17). The van der Waals surface area contributed by atoms with Crippen molar-refractivity contribution in [1.29, 1.82) is 0 Å². The molecule has 0 amide bonds. The quantitative estimate of drug-likeness (QED) is 0.902. The van der Waals surface area contributed by atoms with Gasteiger partial charge in [0.15, 0.2) is 0 Å². The van der Waals surface area contributed by atoms with E-state index >= 15 is 0 Å². The van der Waals surface area contributed by atoms with Gasteiger partial charge in [0.25, 0.3) is 0 Å². The Morgan fingerprint density at radius 3 is 3.00 bits per heavy atom. The van der Waals surface area contributed by atoms with Crippen LogP contribution < -0.4 is 0 Å². The lowest BCUT2D eigenvalue weighted by Gasteiger charge is -2.09. The Bertz CT molecular complexity index is 565. The van der Waals surface area contributed by atoms with Crippen LogP contribution in [0.5, 0.6) is 0 Å². The smallest absolute Gasteiger partial charge is 0.335 e. The SMILES string of the molecule is CSC(C)CCn1cnc2ccc(C(=O)O)cc21. The second kappa shape index (κ2) is 5.44. The Labute approximate surface area is 110 Å². The molecule has 4 nitrogen and oxygen atoms in total. The topological polar surface area (TPSA) is 55.1 Å². The van der Waals surface area contributed by atoms with Crippen LogP contribution in [0.3, 0.4) is 0 Å². The van der Waals surface area contributed by atoms with Crippen LogP contribution in [0.15, 0.2) is 24.5 Å². The summed E-state index contributed by atoms with van der Waals surface area (Å²) < 4.78 is 2.02. The second-order valence-electron chi connectivity index (χ2n) is 4.28. The van der Waals surface area contributed by atoms with E-state index in [0.717, 1.165) is 24.0 Å². The minimum absolute atomic E-state index is 0.308. The zero-order valence-electron chi connectivity index (χ0n) is 10.5. The molecule has 5 heteroatoms. The monoisotopic (exact) mass is 264 g/mol. The first-order valence-electron chi connectivity index (χ1n) is 5.83. The molecule has 96 valence electrons. The minimum Gasteiger partial charge on any atom is -0.478 e. The van der Waals surface area contributed by atoms with Gasteiger partial charge in [0.2, 0.25) is 0 Å². The van der Waals surface area contributed by atoms with Gasteiger partial charge in [-0.25, -0.2) is 9.78 Å². The number of fused-ring (bicyclic) bond motifs is 1. The Kier molecular flexibility index (Phi) is 3.91. The van der Waals surface area contributed by atoms with E-state index in [4.69, 9.17) is 5.11 Å². The van der Waals surface area contributed by atoms with Gasteiger partial charge in [-0.15, -0.1) is 0 Å². The summed E-state index contributed by atoms with van der Waals surface area (Å²) >= 11 is 1.83. The van der Waals surface area contributed by atoms with Crippen LogP contribution in [0.25, 0.3) is 11.0 Å². The highest BCUT2D eigenvalue weighted by molar-refractivity contribution is 7.99. The van der Waals surface area contributed by atoms with E-state index in [1.807, 2.05) is 16.3 Å². The van der Waals surface area contributed by atoms with E-state index in [1.54, 1.807) is 24.5 Å². The Morgan fingerprint density at radius 2 is 2.33 bits per heavy atom. The van der Waals surface area contributed by atoms with Gasteiger partial charge in [0.1, 0.15) is 0 Å². The van der Waals surface area contributed by atoms with Crippen molar-refractivity contribution < 1.29 is 9.90 Å². The van der Waals surface area contributed by atoms with Crippen molar-refractivity contribution in [3.05, 3.63) is 30.1 Å². The maximum absolute atomic E-state index is 11.0. The van der Waals surface area contributed by atoms with Crippen LogP contribution in [-0.2, 0) is 6.54 Å². The molecule has 1 heterocycles. The average molecular weight is 264 g/mol. The molecule has 0 aliphatic rings. The fraction of sp³-hybridized carbons (Fsp3) is 0.385. The van der Waals surface area contributed by atoms with Gasteiger partial charge in [-0.2, -0.15) is 11.8 Å². The molecule has 0 radical (unpaired) electrons. The van der Waals surface area contributed by atoms with Crippen molar-refractivity contribution in [2.24, 2.45) is 0 Å². The highest BCUT2D eigenvalue weighted by atomic mass is 32.2. The summed E-state index contributed by atoms with van der Waals surface area (Å²) in [7, 11) is 0. The lowest BCUT2D eigenvalue weighted by atomic mass is 10.2. The summed E-state index contributed by atoms with van der Waals surface area (Å²) in [6.07, 6.45) is 4.92. The summed E-state index contributed by atoms with van der Waals surface area (Å²) in [5.41, 5.74) is 2.04. The fourth-order valence-electron chi connectivity index (χ4n) is 1.81. The third kappa shape index (κ3) is 2.67. The van der Waals surface area contributed by atoms with Crippen LogP contribution in [-0.4, -0.2) is 32.1 Å².